The molecule has 1 atom stereocenters. The van der Waals surface area contributed by atoms with Crippen molar-refractivity contribution in [1.29, 1.82) is 5.26 Å². The van der Waals surface area contributed by atoms with Crippen LogP contribution in [-0.2, 0) is 4.79 Å². The third kappa shape index (κ3) is 3.43. The molecular formula is C16H17N5O2. The number of benzene rings is 1. The Bertz CT molecular complexity index is 784. The van der Waals surface area contributed by atoms with E-state index in [-0.39, 0.29) is 23.9 Å². The van der Waals surface area contributed by atoms with Crippen LogP contribution in [0.2, 0.25) is 0 Å². The Hall–Kier alpha value is -3.01. The fraction of sp³-hybridized carbons (Fsp3) is 0.312. The van der Waals surface area contributed by atoms with Gasteiger partial charge in [0.05, 0.1) is 18.2 Å². The minimum absolute atomic E-state index is 0.0229. The second-order valence-electron chi connectivity index (χ2n) is 5.58. The molecular weight excluding hydrogens is 294 g/mol. The number of aromatic nitrogens is 2. The summed E-state index contributed by atoms with van der Waals surface area (Å²) >= 11 is 0. The van der Waals surface area contributed by atoms with Crippen molar-refractivity contribution >= 4 is 11.6 Å². The number of hydrogen-bond acceptors (Lipinski definition) is 4. The molecule has 7 heteroatoms. The summed E-state index contributed by atoms with van der Waals surface area (Å²) in [6, 6.07) is 10.6. The fourth-order valence-electron chi connectivity index (χ4n) is 2.76. The van der Waals surface area contributed by atoms with Gasteiger partial charge in [-0.15, -0.1) is 0 Å². The summed E-state index contributed by atoms with van der Waals surface area (Å²) < 4.78 is 0. The Morgan fingerprint density at radius 3 is 2.78 bits per heavy atom. The first-order valence-corrected chi connectivity index (χ1v) is 7.45. The van der Waals surface area contributed by atoms with Gasteiger partial charge in [-0.25, -0.2) is 0 Å². The molecule has 1 saturated heterocycles. The molecule has 3 rings (SSSR count). The Morgan fingerprint density at radius 1 is 1.35 bits per heavy atom. The molecule has 0 saturated carbocycles. The quantitative estimate of drug-likeness (QED) is 0.783. The SMILES string of the molecule is N#Cc1ccc(NCC(=O)N2CC[C@@H](c3cc(=O)[nH][nH]3)C2)cc1. The lowest BCUT2D eigenvalue weighted by Gasteiger charge is -2.17. The first-order valence-electron chi connectivity index (χ1n) is 7.45. The van der Waals surface area contributed by atoms with Crippen LogP contribution in [0, 0.1) is 11.3 Å². The Balaban J connectivity index is 1.53. The van der Waals surface area contributed by atoms with E-state index in [9.17, 15) is 9.59 Å². The fourth-order valence-corrected chi connectivity index (χ4v) is 2.76. The molecule has 2 aromatic rings. The van der Waals surface area contributed by atoms with Crippen molar-refractivity contribution in [1.82, 2.24) is 15.1 Å². The number of hydrogen-bond donors (Lipinski definition) is 3. The monoisotopic (exact) mass is 311 g/mol. The normalized spacial score (nSPS) is 17.0. The zero-order valence-corrected chi connectivity index (χ0v) is 12.5. The largest absolute Gasteiger partial charge is 0.376 e. The van der Waals surface area contributed by atoms with Gasteiger partial charge >= 0.3 is 0 Å². The van der Waals surface area contributed by atoms with Crippen molar-refractivity contribution in [2.24, 2.45) is 0 Å². The predicted molar refractivity (Wildman–Crippen MR) is 85.0 cm³/mol. The molecule has 1 aromatic heterocycles. The lowest BCUT2D eigenvalue weighted by Crippen LogP contribution is -2.33. The Labute approximate surface area is 132 Å². The minimum Gasteiger partial charge on any atom is -0.376 e. The number of carbonyl (C=O) groups excluding carboxylic acids is 1. The van der Waals surface area contributed by atoms with E-state index in [1.807, 2.05) is 0 Å². The topological polar surface area (TPSA) is 105 Å². The van der Waals surface area contributed by atoms with Crippen molar-refractivity contribution in [3.63, 3.8) is 0 Å². The van der Waals surface area contributed by atoms with Gasteiger partial charge in [0.2, 0.25) is 5.91 Å². The molecule has 0 spiro atoms. The van der Waals surface area contributed by atoms with Crippen molar-refractivity contribution in [2.75, 3.05) is 25.0 Å². The van der Waals surface area contributed by atoms with Crippen molar-refractivity contribution in [3.05, 3.63) is 51.9 Å². The van der Waals surface area contributed by atoms with Crippen LogP contribution in [-0.4, -0.2) is 40.6 Å². The van der Waals surface area contributed by atoms with E-state index >= 15 is 0 Å². The van der Waals surface area contributed by atoms with E-state index in [1.165, 1.54) is 0 Å². The molecule has 0 aliphatic carbocycles. The molecule has 1 amide bonds. The third-order valence-electron chi connectivity index (χ3n) is 4.06. The van der Waals surface area contributed by atoms with E-state index in [2.05, 4.69) is 21.6 Å². The molecule has 1 fully saturated rings. The van der Waals surface area contributed by atoms with Gasteiger partial charge in [-0.2, -0.15) is 5.26 Å². The zero-order valence-electron chi connectivity index (χ0n) is 12.5. The molecule has 7 nitrogen and oxygen atoms in total. The van der Waals surface area contributed by atoms with Crippen LogP contribution >= 0.6 is 0 Å². The number of aromatic amines is 2. The maximum absolute atomic E-state index is 12.3. The maximum Gasteiger partial charge on any atom is 0.264 e. The van der Waals surface area contributed by atoms with Gasteiger partial charge in [-0.1, -0.05) is 0 Å². The van der Waals surface area contributed by atoms with Crippen LogP contribution in [0.15, 0.2) is 35.1 Å². The first-order chi connectivity index (χ1) is 11.2. The highest BCUT2D eigenvalue weighted by molar-refractivity contribution is 5.81. The minimum atomic E-state index is -0.146. The highest BCUT2D eigenvalue weighted by Crippen LogP contribution is 2.24. The number of nitrogens with zero attached hydrogens (tertiary/aromatic N) is 2. The van der Waals surface area contributed by atoms with Crippen LogP contribution < -0.4 is 10.9 Å². The van der Waals surface area contributed by atoms with Gasteiger partial charge in [0.15, 0.2) is 0 Å². The number of anilines is 1. The summed E-state index contributed by atoms with van der Waals surface area (Å²) in [6.07, 6.45) is 0.844. The Kier molecular flexibility index (Phi) is 4.15. The standard InChI is InChI=1S/C16H17N5O2/c17-8-11-1-3-13(4-2-11)18-9-16(23)21-6-5-12(10-21)14-7-15(22)20-19-14/h1-4,7,12,18H,5-6,9-10H2,(H2,19,20,22)/t12-/m1/s1. The van der Waals surface area contributed by atoms with Crippen molar-refractivity contribution in [2.45, 2.75) is 12.3 Å². The Morgan fingerprint density at radius 2 is 2.13 bits per heavy atom. The van der Waals surface area contributed by atoms with E-state index < -0.39 is 0 Å². The van der Waals surface area contributed by atoms with Gasteiger partial charge in [-0.3, -0.25) is 14.7 Å². The summed E-state index contributed by atoms with van der Waals surface area (Å²) in [5, 5.41) is 17.2. The van der Waals surface area contributed by atoms with E-state index in [0.717, 1.165) is 17.8 Å². The van der Waals surface area contributed by atoms with Crippen LogP contribution in [0.3, 0.4) is 0 Å². The number of nitriles is 1. The second-order valence-corrected chi connectivity index (χ2v) is 5.58. The van der Waals surface area contributed by atoms with Gasteiger partial charge in [0.1, 0.15) is 0 Å². The first kappa shape index (κ1) is 14.9. The van der Waals surface area contributed by atoms with E-state index in [0.29, 0.717) is 18.7 Å². The summed E-state index contributed by atoms with van der Waals surface area (Å²) in [7, 11) is 0. The summed E-state index contributed by atoms with van der Waals surface area (Å²) in [5.41, 5.74) is 2.10. The second kappa shape index (κ2) is 6.40. The molecule has 0 radical (unpaired) electrons. The molecule has 3 N–H and O–H groups in total. The highest BCUT2D eigenvalue weighted by Gasteiger charge is 2.28. The molecule has 23 heavy (non-hydrogen) atoms. The van der Waals surface area contributed by atoms with Crippen LogP contribution in [0.4, 0.5) is 5.69 Å². The van der Waals surface area contributed by atoms with Crippen molar-refractivity contribution < 1.29 is 4.79 Å². The average molecular weight is 311 g/mol. The molecule has 1 aromatic carbocycles. The molecule has 118 valence electrons. The highest BCUT2D eigenvalue weighted by atomic mass is 16.2. The lowest BCUT2D eigenvalue weighted by atomic mass is 10.1. The third-order valence-corrected chi connectivity index (χ3v) is 4.06. The van der Waals surface area contributed by atoms with Gasteiger partial charge in [0, 0.05) is 36.5 Å². The van der Waals surface area contributed by atoms with Gasteiger partial charge in [-0.05, 0) is 30.7 Å². The number of nitrogens with one attached hydrogen (secondary N) is 3. The maximum atomic E-state index is 12.3. The predicted octanol–water partition coefficient (Wildman–Crippen LogP) is 1.00. The van der Waals surface area contributed by atoms with Gasteiger partial charge < -0.3 is 15.3 Å². The van der Waals surface area contributed by atoms with Crippen LogP contribution in [0.5, 0.6) is 0 Å². The number of likely N-dealkylation sites (tertiary alicyclic amines) is 1. The zero-order chi connectivity index (χ0) is 16.2. The number of carbonyl (C=O) groups is 1. The number of H-pyrrole nitrogens is 2. The van der Waals surface area contributed by atoms with Gasteiger partial charge in [0.25, 0.3) is 5.56 Å². The summed E-state index contributed by atoms with van der Waals surface area (Å²) in [6.45, 7) is 1.51. The summed E-state index contributed by atoms with van der Waals surface area (Å²) in [4.78, 5) is 25.2. The number of rotatable bonds is 4. The lowest BCUT2D eigenvalue weighted by molar-refractivity contribution is -0.128. The number of amides is 1. The smallest absolute Gasteiger partial charge is 0.264 e. The molecule has 1 aliphatic heterocycles. The molecule has 0 unspecified atom stereocenters. The van der Waals surface area contributed by atoms with Crippen molar-refractivity contribution in [3.8, 4) is 6.07 Å². The van der Waals surface area contributed by atoms with Crippen LogP contribution in [0.25, 0.3) is 0 Å². The average Bonchev–Trinajstić information content (AvgIpc) is 3.22. The van der Waals surface area contributed by atoms with Crippen LogP contribution in [0.1, 0.15) is 23.6 Å². The molecule has 1 aliphatic rings. The van der Waals surface area contributed by atoms with E-state index in [1.54, 1.807) is 35.2 Å². The molecule has 0 bridgehead atoms. The molecule has 2 heterocycles. The van der Waals surface area contributed by atoms with E-state index in [4.69, 9.17) is 5.26 Å². The summed E-state index contributed by atoms with van der Waals surface area (Å²) in [5.74, 6) is 0.197.